The molecule has 10 heteroatoms. The number of nitrogens with one attached hydrogen (secondary N) is 2. The van der Waals surface area contributed by atoms with Crippen LogP contribution in [0.3, 0.4) is 0 Å². The molecule has 0 atom stereocenters. The molecular formula is C19H21N3O4S3. The summed E-state index contributed by atoms with van der Waals surface area (Å²) >= 11 is 8.07. The molecule has 0 bridgehead atoms. The summed E-state index contributed by atoms with van der Waals surface area (Å²) in [5.74, 6) is -0.922. The van der Waals surface area contributed by atoms with Crippen LogP contribution in [0.25, 0.3) is 10.2 Å². The van der Waals surface area contributed by atoms with E-state index in [0.29, 0.717) is 20.8 Å². The molecule has 0 unspecified atom stereocenters. The summed E-state index contributed by atoms with van der Waals surface area (Å²) in [6.07, 6.45) is 0.813. The largest absolute Gasteiger partial charge is 0.462 e. The van der Waals surface area contributed by atoms with Crippen LogP contribution in [0.2, 0.25) is 0 Å². The molecule has 0 aromatic carbocycles. The number of fused-ring (bicyclic) bond motifs is 1. The third kappa shape index (κ3) is 4.19. The molecule has 0 radical (unpaired) electrons. The summed E-state index contributed by atoms with van der Waals surface area (Å²) in [5, 5.41) is 3.67. The Bertz CT molecular complexity index is 1220. The second kappa shape index (κ2) is 8.60. The van der Waals surface area contributed by atoms with E-state index in [1.54, 1.807) is 6.92 Å². The molecule has 0 aliphatic rings. The number of ether oxygens (including phenoxy) is 1. The zero-order valence-electron chi connectivity index (χ0n) is 16.5. The zero-order chi connectivity index (χ0) is 21.3. The molecule has 3 heterocycles. The van der Waals surface area contributed by atoms with Gasteiger partial charge in [-0.1, -0.05) is 6.92 Å². The third-order valence-corrected chi connectivity index (χ3v) is 7.13. The molecule has 29 heavy (non-hydrogen) atoms. The number of esters is 1. The summed E-state index contributed by atoms with van der Waals surface area (Å²) in [5.41, 5.74) is 0.810. The fourth-order valence-electron chi connectivity index (χ4n) is 2.89. The number of carbonyl (C=O) groups is 2. The highest BCUT2D eigenvalue weighted by Crippen LogP contribution is 2.33. The molecule has 0 fully saturated rings. The minimum Gasteiger partial charge on any atom is -0.462 e. The van der Waals surface area contributed by atoms with Crippen molar-refractivity contribution in [1.29, 1.82) is 0 Å². The molecule has 2 N–H and O–H groups in total. The summed E-state index contributed by atoms with van der Waals surface area (Å²) in [6, 6.07) is 1.83. The van der Waals surface area contributed by atoms with Crippen LogP contribution >= 0.6 is 34.9 Å². The van der Waals surface area contributed by atoms with Crippen LogP contribution in [0.4, 0.5) is 5.00 Å². The first-order chi connectivity index (χ1) is 13.8. The fourth-order valence-corrected chi connectivity index (χ4v) is 5.25. The Kier molecular flexibility index (Phi) is 6.35. The molecule has 0 spiro atoms. The zero-order valence-corrected chi connectivity index (χ0v) is 19.0. The van der Waals surface area contributed by atoms with Crippen molar-refractivity contribution in [3.63, 3.8) is 0 Å². The van der Waals surface area contributed by atoms with Gasteiger partial charge in [-0.25, -0.2) is 4.79 Å². The first-order valence-electron chi connectivity index (χ1n) is 9.09. The molecule has 1 amide bonds. The van der Waals surface area contributed by atoms with Crippen molar-refractivity contribution in [2.24, 2.45) is 0 Å². The number of aryl methyl sites for hydroxylation is 2. The number of hydrogen-bond acceptors (Lipinski definition) is 7. The van der Waals surface area contributed by atoms with Crippen LogP contribution in [0, 0.1) is 18.6 Å². The molecule has 0 aliphatic heterocycles. The number of thiophene rings is 2. The maximum absolute atomic E-state index is 12.8. The minimum atomic E-state index is -0.481. The molecule has 3 aromatic rings. The second-order valence-corrected chi connectivity index (χ2v) is 9.13. The third-order valence-electron chi connectivity index (χ3n) is 4.49. The summed E-state index contributed by atoms with van der Waals surface area (Å²) in [7, 11) is 0. The van der Waals surface area contributed by atoms with Gasteiger partial charge in [-0.15, -0.1) is 22.7 Å². The van der Waals surface area contributed by atoms with E-state index in [0.717, 1.165) is 21.7 Å². The standard InChI is InChI=1S/C19H21N3O4S3/c1-5-11-7-12-15(29-11)21-19(27)22(17(12)24)8-13(23)20-16-14(18(25)26-6-2)9(3)10(4)28-16/h7H,5-6,8H2,1-4H3,(H,20,23)(H,21,27). The van der Waals surface area contributed by atoms with E-state index in [-0.39, 0.29) is 23.5 Å². The second-order valence-electron chi connectivity index (χ2n) is 6.39. The number of amides is 1. The highest BCUT2D eigenvalue weighted by molar-refractivity contribution is 7.71. The fraction of sp³-hybridized carbons (Fsp3) is 0.368. The van der Waals surface area contributed by atoms with E-state index < -0.39 is 11.9 Å². The van der Waals surface area contributed by atoms with Gasteiger partial charge in [-0.3, -0.25) is 14.2 Å². The predicted molar refractivity (Wildman–Crippen MR) is 119 cm³/mol. The van der Waals surface area contributed by atoms with Crippen molar-refractivity contribution in [3.05, 3.63) is 42.1 Å². The van der Waals surface area contributed by atoms with Gasteiger partial charge in [-0.05, 0) is 51.0 Å². The summed E-state index contributed by atoms with van der Waals surface area (Å²) < 4.78 is 6.52. The molecule has 0 aliphatic carbocycles. The van der Waals surface area contributed by atoms with Gasteiger partial charge < -0.3 is 15.0 Å². The highest BCUT2D eigenvalue weighted by Gasteiger charge is 2.22. The van der Waals surface area contributed by atoms with E-state index in [1.165, 1.54) is 27.2 Å². The number of rotatable bonds is 6. The number of carbonyl (C=O) groups excluding carboxylic acids is 2. The van der Waals surface area contributed by atoms with E-state index >= 15 is 0 Å². The number of hydrogen-bond donors (Lipinski definition) is 2. The Morgan fingerprint density at radius 2 is 2.00 bits per heavy atom. The van der Waals surface area contributed by atoms with Gasteiger partial charge in [0.05, 0.1) is 17.6 Å². The van der Waals surface area contributed by atoms with E-state index in [2.05, 4.69) is 10.3 Å². The average molecular weight is 452 g/mol. The summed E-state index contributed by atoms with van der Waals surface area (Å²) in [4.78, 5) is 43.5. The summed E-state index contributed by atoms with van der Waals surface area (Å²) in [6.45, 7) is 7.41. The molecule has 3 rings (SSSR count). The first kappa shape index (κ1) is 21.4. The Labute approximate surface area is 180 Å². The maximum atomic E-state index is 12.8. The van der Waals surface area contributed by atoms with Gasteiger partial charge in [0.1, 0.15) is 16.4 Å². The van der Waals surface area contributed by atoms with Crippen molar-refractivity contribution >= 4 is 62.0 Å². The topological polar surface area (TPSA) is 93.2 Å². The van der Waals surface area contributed by atoms with Crippen LogP contribution in [-0.4, -0.2) is 28.0 Å². The van der Waals surface area contributed by atoms with E-state index in [1.807, 2.05) is 26.8 Å². The van der Waals surface area contributed by atoms with Crippen molar-refractivity contribution < 1.29 is 14.3 Å². The van der Waals surface area contributed by atoms with E-state index in [4.69, 9.17) is 17.0 Å². The normalized spacial score (nSPS) is 11.0. The van der Waals surface area contributed by atoms with Crippen molar-refractivity contribution in [3.8, 4) is 0 Å². The van der Waals surface area contributed by atoms with Gasteiger partial charge in [-0.2, -0.15) is 0 Å². The SMILES string of the molecule is CCOC(=O)c1c(NC(=O)Cn2c(=S)[nH]c3sc(CC)cc3c2=O)sc(C)c1C. The van der Waals surface area contributed by atoms with Crippen molar-refractivity contribution in [2.75, 3.05) is 11.9 Å². The number of H-pyrrole nitrogens is 1. The highest BCUT2D eigenvalue weighted by atomic mass is 32.1. The van der Waals surface area contributed by atoms with E-state index in [9.17, 15) is 14.4 Å². The smallest absolute Gasteiger partial charge is 0.341 e. The Morgan fingerprint density at radius 3 is 2.66 bits per heavy atom. The maximum Gasteiger partial charge on any atom is 0.341 e. The van der Waals surface area contributed by atoms with Crippen LogP contribution in [-0.2, 0) is 22.5 Å². The lowest BCUT2D eigenvalue weighted by Gasteiger charge is -2.09. The first-order valence-corrected chi connectivity index (χ1v) is 11.1. The molecular weight excluding hydrogens is 430 g/mol. The van der Waals surface area contributed by atoms with Gasteiger partial charge >= 0.3 is 5.97 Å². The number of nitrogens with zero attached hydrogens (tertiary/aromatic N) is 1. The molecule has 3 aromatic heterocycles. The lowest BCUT2D eigenvalue weighted by atomic mass is 10.1. The number of anilines is 1. The minimum absolute atomic E-state index is 0.186. The van der Waals surface area contributed by atoms with Crippen molar-refractivity contribution in [1.82, 2.24) is 9.55 Å². The Morgan fingerprint density at radius 1 is 1.28 bits per heavy atom. The average Bonchev–Trinajstić information content (AvgIpc) is 3.19. The molecule has 0 saturated carbocycles. The number of aromatic nitrogens is 2. The lowest BCUT2D eigenvalue weighted by Crippen LogP contribution is -2.29. The van der Waals surface area contributed by atoms with Crippen molar-refractivity contribution in [2.45, 2.75) is 40.7 Å². The number of aromatic amines is 1. The molecule has 154 valence electrons. The van der Waals surface area contributed by atoms with Gasteiger partial charge in [0.25, 0.3) is 5.56 Å². The Hall–Kier alpha value is -2.30. The lowest BCUT2D eigenvalue weighted by molar-refractivity contribution is -0.116. The molecule has 7 nitrogen and oxygen atoms in total. The van der Waals surface area contributed by atoms with Gasteiger partial charge in [0, 0.05) is 9.75 Å². The Balaban J connectivity index is 1.91. The quantitative estimate of drug-likeness (QED) is 0.433. The van der Waals surface area contributed by atoms with Crippen LogP contribution in [0.1, 0.15) is 39.5 Å². The van der Waals surface area contributed by atoms with Crippen LogP contribution < -0.4 is 10.9 Å². The van der Waals surface area contributed by atoms with Crippen LogP contribution in [0.5, 0.6) is 0 Å². The van der Waals surface area contributed by atoms with Gasteiger partial charge in [0.15, 0.2) is 4.77 Å². The monoisotopic (exact) mass is 451 g/mol. The predicted octanol–water partition coefficient (Wildman–Crippen LogP) is 4.18. The molecule has 0 saturated heterocycles. The van der Waals surface area contributed by atoms with Gasteiger partial charge in [0.2, 0.25) is 5.91 Å². The van der Waals surface area contributed by atoms with Crippen LogP contribution in [0.15, 0.2) is 10.9 Å².